The Morgan fingerprint density at radius 1 is 1.10 bits per heavy atom. The van der Waals surface area contributed by atoms with Gasteiger partial charge in [-0.2, -0.15) is 0 Å². The van der Waals surface area contributed by atoms with E-state index in [2.05, 4.69) is 11.1 Å². The van der Waals surface area contributed by atoms with E-state index in [0.29, 0.717) is 24.4 Å². The van der Waals surface area contributed by atoms with E-state index >= 15 is 0 Å². The molecular weight excluding hydrogens is 380 g/mol. The van der Waals surface area contributed by atoms with Crippen LogP contribution in [-0.2, 0) is 16.0 Å². The van der Waals surface area contributed by atoms with Crippen molar-refractivity contribution in [2.45, 2.75) is 26.3 Å². The molecule has 0 unspecified atom stereocenters. The molecule has 0 aliphatic carbocycles. The quantitative estimate of drug-likeness (QED) is 0.248. The van der Waals surface area contributed by atoms with Crippen molar-refractivity contribution >= 4 is 39.3 Å². The molecule has 6 nitrogen and oxygen atoms in total. The number of aromatic nitrogens is 2. The summed E-state index contributed by atoms with van der Waals surface area (Å²) in [5.74, 6) is -0.869. The Balaban J connectivity index is 2.04. The van der Waals surface area contributed by atoms with Crippen LogP contribution in [0.3, 0.4) is 0 Å². The molecule has 4 aromatic rings. The van der Waals surface area contributed by atoms with Crippen LogP contribution >= 0.6 is 0 Å². The van der Waals surface area contributed by atoms with E-state index in [1.807, 2.05) is 43.3 Å². The van der Waals surface area contributed by atoms with Crippen LogP contribution in [0.5, 0.6) is 0 Å². The van der Waals surface area contributed by atoms with Gasteiger partial charge in [0.25, 0.3) is 0 Å². The number of rotatable bonds is 7. The van der Waals surface area contributed by atoms with Crippen LogP contribution in [-0.4, -0.2) is 34.6 Å². The average molecular weight is 404 g/mol. The second-order valence-corrected chi connectivity index (χ2v) is 7.17. The van der Waals surface area contributed by atoms with Gasteiger partial charge in [-0.15, -0.1) is 6.58 Å². The molecule has 3 aromatic heterocycles. The smallest absolute Gasteiger partial charge is 0.355 e. The lowest BCUT2D eigenvalue weighted by atomic mass is 10.1. The van der Waals surface area contributed by atoms with Crippen molar-refractivity contribution in [3.05, 3.63) is 66.5 Å². The van der Waals surface area contributed by atoms with E-state index in [1.54, 1.807) is 16.7 Å². The summed E-state index contributed by atoms with van der Waals surface area (Å²) in [4.78, 5) is 25.1. The fourth-order valence-corrected chi connectivity index (χ4v) is 3.89. The maximum atomic E-state index is 12.6. The summed E-state index contributed by atoms with van der Waals surface area (Å²) in [5, 5.41) is 1.94. The van der Waals surface area contributed by atoms with Gasteiger partial charge in [0.1, 0.15) is 5.69 Å². The number of fused-ring (bicyclic) bond motifs is 5. The molecule has 0 bridgehead atoms. The van der Waals surface area contributed by atoms with Crippen molar-refractivity contribution in [3.8, 4) is 0 Å². The zero-order valence-electron chi connectivity index (χ0n) is 17.2. The summed E-state index contributed by atoms with van der Waals surface area (Å²) in [6, 6.07) is 11.6. The zero-order chi connectivity index (χ0) is 21.3. The lowest BCUT2D eigenvalue weighted by Gasteiger charge is -2.08. The number of benzene rings is 1. The second-order valence-electron chi connectivity index (χ2n) is 7.17. The van der Waals surface area contributed by atoms with Crippen LogP contribution in [0.15, 0.2) is 55.3 Å². The molecule has 0 spiro atoms. The molecule has 6 heteroatoms. The molecule has 0 saturated carbocycles. The first-order valence-corrected chi connectivity index (χ1v) is 10.0. The zero-order valence-corrected chi connectivity index (χ0v) is 17.2. The number of carbonyl (C=O) groups is 2. The lowest BCUT2D eigenvalue weighted by Crippen LogP contribution is -2.08. The third-order valence-corrected chi connectivity index (χ3v) is 5.29. The number of para-hydroxylation sites is 1. The monoisotopic (exact) mass is 404 g/mol. The first kappa shape index (κ1) is 19.8. The van der Waals surface area contributed by atoms with Gasteiger partial charge in [-0.3, -0.25) is 0 Å². The minimum Gasteiger partial charge on any atom is -0.464 e. The molecule has 0 saturated heterocycles. The van der Waals surface area contributed by atoms with E-state index in [1.165, 1.54) is 7.11 Å². The second kappa shape index (κ2) is 8.06. The summed E-state index contributed by atoms with van der Waals surface area (Å²) >= 11 is 0. The number of carbonyl (C=O) groups excluding carboxylic acids is 2. The third kappa shape index (κ3) is 3.14. The number of hydrogen-bond donors (Lipinski definition) is 0. The van der Waals surface area contributed by atoms with Crippen LogP contribution in [0.4, 0.5) is 0 Å². The molecule has 154 valence electrons. The van der Waals surface area contributed by atoms with Gasteiger partial charge in [0.15, 0.2) is 0 Å². The van der Waals surface area contributed by atoms with Crippen LogP contribution in [0, 0.1) is 0 Å². The number of nitrogens with zero attached hydrogens (tertiary/aromatic N) is 2. The molecule has 0 amide bonds. The van der Waals surface area contributed by atoms with Gasteiger partial charge in [0.2, 0.25) is 0 Å². The highest BCUT2D eigenvalue weighted by Gasteiger charge is 2.22. The van der Waals surface area contributed by atoms with Crippen LogP contribution in [0.25, 0.3) is 27.3 Å². The van der Waals surface area contributed by atoms with Crippen molar-refractivity contribution in [3.63, 3.8) is 0 Å². The summed E-state index contributed by atoms with van der Waals surface area (Å²) < 4.78 is 14.2. The molecule has 0 aliphatic rings. The minimum absolute atomic E-state index is 0.356. The van der Waals surface area contributed by atoms with Gasteiger partial charge in [-0.25, -0.2) is 9.59 Å². The van der Waals surface area contributed by atoms with Crippen LogP contribution in [0.2, 0.25) is 0 Å². The Bertz CT molecular complexity index is 1280. The standard InChI is InChI=1S/C24H24N2O4/c1-4-6-12-30-23(27)16-13-20-22-18(14-21(24(28)29-3)26(20)15-16)17-9-7-8-10-19(17)25(22)11-5-2/h5,7-10,13-15H,2,4,6,11-12H2,1,3H3. The van der Waals surface area contributed by atoms with Crippen molar-refractivity contribution in [1.29, 1.82) is 0 Å². The molecule has 1 aromatic carbocycles. The maximum absolute atomic E-state index is 12.6. The van der Waals surface area contributed by atoms with Crippen molar-refractivity contribution in [2.24, 2.45) is 0 Å². The van der Waals surface area contributed by atoms with E-state index in [9.17, 15) is 9.59 Å². The number of methoxy groups -OCH3 is 1. The summed E-state index contributed by atoms with van der Waals surface area (Å²) in [6.45, 7) is 6.90. The van der Waals surface area contributed by atoms with E-state index < -0.39 is 11.9 Å². The van der Waals surface area contributed by atoms with Crippen molar-refractivity contribution < 1.29 is 19.1 Å². The molecule has 0 atom stereocenters. The van der Waals surface area contributed by atoms with E-state index in [4.69, 9.17) is 9.47 Å². The topological polar surface area (TPSA) is 61.9 Å². The molecule has 30 heavy (non-hydrogen) atoms. The van der Waals surface area contributed by atoms with E-state index in [0.717, 1.165) is 40.2 Å². The highest BCUT2D eigenvalue weighted by molar-refractivity contribution is 6.15. The van der Waals surface area contributed by atoms with Crippen molar-refractivity contribution in [2.75, 3.05) is 13.7 Å². The number of esters is 2. The first-order valence-electron chi connectivity index (χ1n) is 10.0. The van der Waals surface area contributed by atoms with Gasteiger partial charge in [0, 0.05) is 29.0 Å². The summed E-state index contributed by atoms with van der Waals surface area (Å²) in [6.07, 6.45) is 5.23. The number of unbranched alkanes of at least 4 members (excludes halogenated alkanes) is 1. The number of pyridine rings is 1. The summed E-state index contributed by atoms with van der Waals surface area (Å²) in [7, 11) is 1.35. The van der Waals surface area contributed by atoms with Gasteiger partial charge < -0.3 is 18.4 Å². The molecule has 0 aliphatic heterocycles. The predicted molar refractivity (Wildman–Crippen MR) is 117 cm³/mol. The van der Waals surface area contributed by atoms with Gasteiger partial charge >= 0.3 is 11.9 Å². The Morgan fingerprint density at radius 3 is 2.63 bits per heavy atom. The average Bonchev–Trinajstić information content (AvgIpc) is 3.33. The predicted octanol–water partition coefficient (Wildman–Crippen LogP) is 4.98. The number of ether oxygens (including phenoxy) is 2. The number of allylic oxidation sites excluding steroid dienone is 1. The Morgan fingerprint density at radius 2 is 1.90 bits per heavy atom. The Hall–Kier alpha value is -3.54. The molecule has 0 N–H and O–H groups in total. The molecule has 0 fully saturated rings. The van der Waals surface area contributed by atoms with Gasteiger partial charge in [0.05, 0.1) is 30.3 Å². The lowest BCUT2D eigenvalue weighted by molar-refractivity contribution is 0.0498. The first-order chi connectivity index (χ1) is 14.6. The summed E-state index contributed by atoms with van der Waals surface area (Å²) in [5.41, 5.74) is 3.46. The highest BCUT2D eigenvalue weighted by atomic mass is 16.5. The fraction of sp³-hybridized carbons (Fsp3) is 0.250. The number of hydrogen-bond acceptors (Lipinski definition) is 4. The van der Waals surface area contributed by atoms with Gasteiger partial charge in [-0.05, 0) is 24.6 Å². The minimum atomic E-state index is -0.469. The largest absolute Gasteiger partial charge is 0.464 e. The molecule has 3 heterocycles. The third-order valence-electron chi connectivity index (χ3n) is 5.29. The SMILES string of the molecule is C=CCn1c2ccccc2c2cc(C(=O)OC)n3cc(C(=O)OCCCC)cc3c21. The van der Waals surface area contributed by atoms with Crippen LogP contribution in [0.1, 0.15) is 40.6 Å². The Labute approximate surface area is 174 Å². The molecule has 0 radical (unpaired) electrons. The maximum Gasteiger partial charge on any atom is 0.355 e. The Kier molecular flexibility index (Phi) is 5.31. The normalized spacial score (nSPS) is 11.3. The van der Waals surface area contributed by atoms with Crippen molar-refractivity contribution in [1.82, 2.24) is 8.97 Å². The van der Waals surface area contributed by atoms with Gasteiger partial charge in [-0.1, -0.05) is 37.6 Å². The fourth-order valence-electron chi connectivity index (χ4n) is 3.89. The molecule has 4 rings (SSSR count). The van der Waals surface area contributed by atoms with E-state index in [-0.39, 0.29) is 0 Å². The van der Waals surface area contributed by atoms with Crippen LogP contribution < -0.4 is 0 Å². The highest BCUT2D eigenvalue weighted by Crippen LogP contribution is 2.34. The molecular formula is C24H24N2O4.